The lowest BCUT2D eigenvalue weighted by Gasteiger charge is -2.23. The first-order valence-corrected chi connectivity index (χ1v) is 14.5. The lowest BCUT2D eigenvalue weighted by Crippen LogP contribution is -2.43. The first-order valence-electron chi connectivity index (χ1n) is 13.3. The van der Waals surface area contributed by atoms with E-state index < -0.39 is 24.0 Å². The van der Waals surface area contributed by atoms with Gasteiger partial charge in [0.25, 0.3) is 5.91 Å². The largest absolute Gasteiger partial charge is 0.364 e. The van der Waals surface area contributed by atoms with Crippen molar-refractivity contribution in [2.45, 2.75) is 45.4 Å². The number of rotatable bonds is 9. The van der Waals surface area contributed by atoms with Crippen LogP contribution in [0.25, 0.3) is 27.0 Å². The number of ketones is 1. The molecule has 0 bridgehead atoms. The summed E-state index contributed by atoms with van der Waals surface area (Å²) in [6.45, 7) is 3.31. The monoisotopic (exact) mass is 606 g/mol. The molecule has 2 N–H and O–H groups in total. The zero-order valence-corrected chi connectivity index (χ0v) is 24.5. The van der Waals surface area contributed by atoms with Gasteiger partial charge >= 0.3 is 0 Å². The maximum absolute atomic E-state index is 14.6. The molecule has 4 aromatic rings. The Kier molecular flexibility index (Phi) is 8.60. The molecule has 2 aromatic carbocycles. The van der Waals surface area contributed by atoms with Crippen LogP contribution in [0, 0.1) is 0 Å². The van der Waals surface area contributed by atoms with Gasteiger partial charge in [0, 0.05) is 17.4 Å². The third-order valence-corrected chi connectivity index (χ3v) is 8.38. The summed E-state index contributed by atoms with van der Waals surface area (Å²) < 4.78 is 16.0. The molecule has 9 nitrogen and oxygen atoms in total. The SMILES string of the molecule is C/C=C\C(=C/C)c1ccc2c(c1)c(C(N)=O)nn2CC(=O)N1C[C@H](F)C[C@H]1C(=O)Cc1nnc(-c2ccccc2Cl)s1. The molecule has 2 amide bonds. The van der Waals surface area contributed by atoms with Gasteiger partial charge in [-0.15, -0.1) is 10.2 Å². The van der Waals surface area contributed by atoms with Gasteiger partial charge < -0.3 is 10.6 Å². The van der Waals surface area contributed by atoms with Crippen molar-refractivity contribution >= 4 is 57.0 Å². The Morgan fingerprint density at radius 2 is 1.95 bits per heavy atom. The van der Waals surface area contributed by atoms with Crippen LogP contribution in [-0.4, -0.2) is 61.2 Å². The number of primary amides is 1. The zero-order valence-electron chi connectivity index (χ0n) is 23.0. The van der Waals surface area contributed by atoms with Crippen molar-refractivity contribution in [1.82, 2.24) is 24.9 Å². The molecule has 0 aliphatic carbocycles. The minimum Gasteiger partial charge on any atom is -0.364 e. The summed E-state index contributed by atoms with van der Waals surface area (Å²) >= 11 is 7.48. The van der Waals surface area contributed by atoms with E-state index in [1.54, 1.807) is 24.3 Å². The summed E-state index contributed by atoms with van der Waals surface area (Å²) in [6.07, 6.45) is 4.24. The number of likely N-dealkylation sites (tertiary alicyclic amines) is 1. The fraction of sp³-hybridized carbons (Fsp3) is 0.267. The maximum atomic E-state index is 14.6. The summed E-state index contributed by atoms with van der Waals surface area (Å²) in [6, 6.07) is 11.7. The van der Waals surface area contributed by atoms with Crippen LogP contribution in [0.5, 0.6) is 0 Å². The van der Waals surface area contributed by atoms with Crippen molar-refractivity contribution < 1.29 is 18.8 Å². The highest BCUT2D eigenvalue weighted by Gasteiger charge is 2.40. The van der Waals surface area contributed by atoms with E-state index in [0.717, 1.165) is 11.1 Å². The molecule has 3 heterocycles. The van der Waals surface area contributed by atoms with E-state index in [9.17, 15) is 18.8 Å². The summed E-state index contributed by atoms with van der Waals surface area (Å²) in [5, 5.41) is 14.6. The number of benzene rings is 2. The number of carbonyl (C=O) groups is 3. The molecule has 1 saturated heterocycles. The second-order valence-corrected chi connectivity index (χ2v) is 11.3. The quantitative estimate of drug-likeness (QED) is 0.266. The molecule has 216 valence electrons. The molecule has 0 saturated carbocycles. The van der Waals surface area contributed by atoms with Gasteiger partial charge in [0.1, 0.15) is 22.7 Å². The number of nitrogens with zero attached hydrogens (tertiary/aromatic N) is 5. The van der Waals surface area contributed by atoms with Crippen molar-refractivity contribution in [2.75, 3.05) is 6.54 Å². The molecule has 0 radical (unpaired) electrons. The molecule has 42 heavy (non-hydrogen) atoms. The molecule has 0 spiro atoms. The van der Waals surface area contributed by atoms with Gasteiger partial charge in [-0.05, 0) is 43.2 Å². The molecule has 0 unspecified atom stereocenters. The number of nitrogens with two attached hydrogens (primary N) is 1. The number of Topliss-reactive ketones (excluding diaryl/α,β-unsaturated/α-hetero) is 1. The second-order valence-electron chi connectivity index (χ2n) is 9.87. The van der Waals surface area contributed by atoms with Crippen molar-refractivity contribution in [2.24, 2.45) is 5.73 Å². The van der Waals surface area contributed by atoms with Gasteiger partial charge in [0.2, 0.25) is 5.91 Å². The lowest BCUT2D eigenvalue weighted by molar-refractivity contribution is -0.138. The first kappa shape index (κ1) is 29.3. The fourth-order valence-electron chi connectivity index (χ4n) is 5.12. The van der Waals surface area contributed by atoms with E-state index >= 15 is 0 Å². The Hall–Kier alpha value is -4.22. The minimum atomic E-state index is -1.35. The van der Waals surface area contributed by atoms with Gasteiger partial charge in [-0.25, -0.2) is 4.39 Å². The third-order valence-electron chi connectivity index (χ3n) is 7.10. The van der Waals surface area contributed by atoms with Crippen molar-refractivity contribution in [3.63, 3.8) is 0 Å². The minimum absolute atomic E-state index is 0.0265. The molecule has 5 rings (SSSR count). The third kappa shape index (κ3) is 5.88. The Labute approximate surface area is 250 Å². The molecule has 2 aromatic heterocycles. The van der Waals surface area contributed by atoms with Crippen LogP contribution in [0.3, 0.4) is 0 Å². The number of carbonyl (C=O) groups excluding carboxylic acids is 3. The van der Waals surface area contributed by atoms with Crippen molar-refractivity contribution in [3.8, 4) is 10.6 Å². The summed E-state index contributed by atoms with van der Waals surface area (Å²) in [5.41, 5.74) is 8.67. The number of amides is 2. The number of aromatic nitrogens is 4. The van der Waals surface area contributed by atoms with E-state index in [4.69, 9.17) is 17.3 Å². The van der Waals surface area contributed by atoms with Gasteiger partial charge in [-0.2, -0.15) is 5.10 Å². The highest BCUT2D eigenvalue weighted by atomic mass is 35.5. The van der Waals surface area contributed by atoms with Crippen LogP contribution < -0.4 is 5.73 Å². The van der Waals surface area contributed by atoms with Crippen LogP contribution in [-0.2, 0) is 22.6 Å². The molecule has 1 aliphatic heterocycles. The second kappa shape index (κ2) is 12.3. The van der Waals surface area contributed by atoms with Gasteiger partial charge in [0.15, 0.2) is 11.5 Å². The number of allylic oxidation sites excluding steroid dienone is 4. The molecule has 12 heteroatoms. The Morgan fingerprint density at radius 3 is 2.67 bits per heavy atom. The molecule has 1 fully saturated rings. The van der Waals surface area contributed by atoms with Crippen LogP contribution in [0.2, 0.25) is 5.02 Å². The normalized spacial score (nSPS) is 17.4. The molecule has 1 aliphatic rings. The average molecular weight is 607 g/mol. The number of fused-ring (bicyclic) bond motifs is 1. The summed E-state index contributed by atoms with van der Waals surface area (Å²) in [7, 11) is 0. The van der Waals surface area contributed by atoms with Crippen LogP contribution >= 0.6 is 22.9 Å². The van der Waals surface area contributed by atoms with E-state index in [-0.39, 0.29) is 37.4 Å². The van der Waals surface area contributed by atoms with E-state index in [1.165, 1.54) is 20.9 Å². The summed E-state index contributed by atoms with van der Waals surface area (Å²) in [4.78, 5) is 40.2. The van der Waals surface area contributed by atoms with Gasteiger partial charge in [-0.3, -0.25) is 19.1 Å². The van der Waals surface area contributed by atoms with Crippen LogP contribution in [0.1, 0.15) is 41.3 Å². The van der Waals surface area contributed by atoms with E-state index in [2.05, 4.69) is 15.3 Å². The zero-order chi connectivity index (χ0) is 30.0. The lowest BCUT2D eigenvalue weighted by atomic mass is 10.0. The van der Waals surface area contributed by atoms with Crippen LogP contribution in [0.15, 0.2) is 60.7 Å². The topological polar surface area (TPSA) is 124 Å². The first-order chi connectivity index (χ1) is 20.2. The average Bonchev–Trinajstić information content (AvgIpc) is 3.69. The van der Waals surface area contributed by atoms with Crippen molar-refractivity contribution in [1.29, 1.82) is 0 Å². The molecule has 2 atom stereocenters. The van der Waals surface area contributed by atoms with Gasteiger partial charge in [0.05, 0.1) is 29.5 Å². The number of halogens is 2. The Bertz CT molecular complexity index is 1750. The predicted octanol–water partition coefficient (Wildman–Crippen LogP) is 5.04. The molecular formula is C30H28ClFN6O3S. The highest BCUT2D eigenvalue weighted by Crippen LogP contribution is 2.31. The predicted molar refractivity (Wildman–Crippen MR) is 161 cm³/mol. The standard InChI is InChI=1S/C30H28ClFN6O3S/c1-3-7-17(4-2)18-10-11-23-21(12-18)28(29(33)41)36-38(23)16-27(40)37-15-19(32)13-24(37)25(39)14-26-34-35-30(42-26)20-8-5-6-9-22(20)31/h3-12,19,24H,13-16H2,1-2H3,(H2,33,41)/b7-3-,17-4+/t19-,24+/m1/s1. The number of hydrogen-bond acceptors (Lipinski definition) is 7. The fourth-order valence-corrected chi connectivity index (χ4v) is 6.29. The molecular weight excluding hydrogens is 579 g/mol. The Balaban J connectivity index is 1.36. The number of alkyl halides is 1. The number of hydrogen-bond donors (Lipinski definition) is 1. The Morgan fingerprint density at radius 1 is 1.17 bits per heavy atom. The smallest absolute Gasteiger partial charge is 0.269 e. The van der Waals surface area contributed by atoms with E-state index in [0.29, 0.717) is 31.5 Å². The van der Waals surface area contributed by atoms with Gasteiger partial charge in [-0.1, -0.05) is 65.4 Å². The summed E-state index contributed by atoms with van der Waals surface area (Å²) in [5.74, 6) is -1.56. The van der Waals surface area contributed by atoms with Crippen LogP contribution in [0.4, 0.5) is 4.39 Å². The van der Waals surface area contributed by atoms with Crippen molar-refractivity contribution in [3.05, 3.63) is 82.0 Å². The highest BCUT2D eigenvalue weighted by molar-refractivity contribution is 7.14. The maximum Gasteiger partial charge on any atom is 0.269 e. The van der Waals surface area contributed by atoms with E-state index in [1.807, 2.05) is 50.3 Å².